The molecule has 8 rings (SSSR count). The van der Waals surface area contributed by atoms with Gasteiger partial charge in [-0.15, -0.1) is 11.3 Å². The third-order valence-corrected chi connectivity index (χ3v) is 10.7. The fourth-order valence-electron chi connectivity index (χ4n) is 7.55. The Morgan fingerprint density at radius 2 is 1.91 bits per heavy atom. The summed E-state index contributed by atoms with van der Waals surface area (Å²) in [5.41, 5.74) is 7.51. The van der Waals surface area contributed by atoms with Gasteiger partial charge < -0.3 is 30.5 Å². The molecule has 2 aromatic heterocycles. The average molecular weight is 620 g/mol. The number of ether oxygens (including phenoxy) is 2. The zero-order chi connectivity index (χ0) is 30.3. The van der Waals surface area contributed by atoms with E-state index in [9.17, 15) is 10.4 Å². The number of likely N-dealkylation sites (tertiary alicyclic amines) is 1. The van der Waals surface area contributed by atoms with Crippen LogP contribution in [0.1, 0.15) is 36.0 Å². The van der Waals surface area contributed by atoms with Crippen molar-refractivity contribution in [1.82, 2.24) is 20.2 Å². The standard InChI is InChI=1S/C31H31F2N7O3S/c1-39-7-6-21(41)20(39)13-43-31-37-28-25(30(38-31)40-14-2-3-15(40)10-36-9-14)18-12-42-11-17(18)24(27(28)33)26-19(32)4-5-22-23(26)16(8-34)29(35)44-22/h4-5,14-15,20-21,36,41H,2-3,6-7,9-13,35H2,1H3/t14?,15?,20-,21+/m1/s1. The Hall–Kier alpha value is -3.67. The highest BCUT2D eigenvalue weighted by Gasteiger charge is 2.41. The predicted octanol–water partition coefficient (Wildman–Crippen LogP) is 3.66. The number of nitrogens with two attached hydrogens (primary N) is 1. The van der Waals surface area contributed by atoms with Gasteiger partial charge in [0.2, 0.25) is 0 Å². The second kappa shape index (κ2) is 10.5. The molecule has 0 spiro atoms. The number of hydrogen-bond donors (Lipinski definition) is 3. The van der Waals surface area contributed by atoms with E-state index in [0.29, 0.717) is 33.5 Å². The molecule has 44 heavy (non-hydrogen) atoms. The number of aliphatic hydroxyl groups excluding tert-OH is 1. The molecule has 10 nitrogen and oxygen atoms in total. The molecule has 228 valence electrons. The summed E-state index contributed by atoms with van der Waals surface area (Å²) >= 11 is 1.17. The van der Waals surface area contributed by atoms with Crippen LogP contribution in [-0.2, 0) is 18.0 Å². The highest BCUT2D eigenvalue weighted by atomic mass is 32.1. The number of rotatable bonds is 5. The number of hydrogen-bond acceptors (Lipinski definition) is 11. The molecule has 3 saturated heterocycles. The fourth-order valence-corrected chi connectivity index (χ4v) is 8.48. The van der Waals surface area contributed by atoms with E-state index < -0.39 is 17.7 Å². The summed E-state index contributed by atoms with van der Waals surface area (Å²) in [6, 6.07) is 5.02. The molecule has 4 atom stereocenters. The normalized spacial score (nSPS) is 24.8. The van der Waals surface area contributed by atoms with Crippen molar-refractivity contribution in [2.75, 3.05) is 43.9 Å². The van der Waals surface area contributed by atoms with Gasteiger partial charge in [0.05, 0.1) is 36.3 Å². The molecule has 0 saturated carbocycles. The highest BCUT2D eigenvalue weighted by molar-refractivity contribution is 7.23. The quantitative estimate of drug-likeness (QED) is 0.304. The molecule has 2 unspecified atom stereocenters. The van der Waals surface area contributed by atoms with E-state index in [1.165, 1.54) is 17.4 Å². The number of nitrogen functional groups attached to an aromatic ring is 1. The van der Waals surface area contributed by atoms with Crippen LogP contribution in [0, 0.1) is 23.0 Å². The van der Waals surface area contributed by atoms with Gasteiger partial charge in [-0.3, -0.25) is 4.90 Å². The first-order chi connectivity index (χ1) is 21.4. The molecule has 2 aromatic carbocycles. The molecule has 0 radical (unpaired) electrons. The lowest BCUT2D eigenvalue weighted by molar-refractivity contribution is 0.0869. The molecule has 4 aliphatic heterocycles. The summed E-state index contributed by atoms with van der Waals surface area (Å²) in [6.07, 6.45) is 2.03. The number of fused-ring (bicyclic) bond motifs is 6. The number of likely N-dealkylation sites (N-methyl/N-ethyl adjacent to an activating group) is 1. The number of anilines is 2. The van der Waals surface area contributed by atoms with Gasteiger partial charge in [0, 0.05) is 52.9 Å². The van der Waals surface area contributed by atoms with Gasteiger partial charge in [0.25, 0.3) is 0 Å². The third kappa shape index (κ3) is 4.09. The lowest BCUT2D eigenvalue weighted by atomic mass is 9.90. The minimum Gasteiger partial charge on any atom is -0.462 e. The number of thiophene rings is 1. The Bertz CT molecular complexity index is 1850. The van der Waals surface area contributed by atoms with Crippen molar-refractivity contribution in [2.45, 2.75) is 56.7 Å². The van der Waals surface area contributed by atoms with E-state index in [0.717, 1.165) is 32.5 Å². The number of aliphatic hydroxyl groups is 1. The minimum atomic E-state index is -0.724. The Kier molecular flexibility index (Phi) is 6.62. The SMILES string of the molecule is CN1CC[C@H](O)[C@H]1COc1nc(N2C3CCC2CNC3)c2c3c(c(-c4c(F)ccc5sc(N)c(C#N)c45)c(F)c2n1)COC3. The lowest BCUT2D eigenvalue weighted by Gasteiger charge is -2.37. The second-order valence-corrected chi connectivity index (χ2v) is 13.2. The molecular weight excluding hydrogens is 588 g/mol. The molecule has 13 heteroatoms. The summed E-state index contributed by atoms with van der Waals surface area (Å²) in [5, 5.41) is 25.0. The summed E-state index contributed by atoms with van der Waals surface area (Å²) in [7, 11) is 1.92. The van der Waals surface area contributed by atoms with Gasteiger partial charge in [-0.25, -0.2) is 8.78 Å². The topological polar surface area (TPSA) is 133 Å². The van der Waals surface area contributed by atoms with Crippen LogP contribution in [0.2, 0.25) is 0 Å². The van der Waals surface area contributed by atoms with Crippen molar-refractivity contribution >= 4 is 43.1 Å². The van der Waals surface area contributed by atoms with Crippen molar-refractivity contribution in [3.63, 3.8) is 0 Å². The maximum absolute atomic E-state index is 17.2. The summed E-state index contributed by atoms with van der Waals surface area (Å²) < 4.78 is 45.7. The molecule has 3 fully saturated rings. The van der Waals surface area contributed by atoms with Gasteiger partial charge in [0.15, 0.2) is 5.82 Å². The number of benzene rings is 2. The van der Waals surface area contributed by atoms with Crippen LogP contribution in [-0.4, -0.2) is 77.5 Å². The maximum atomic E-state index is 17.2. The monoisotopic (exact) mass is 619 g/mol. The van der Waals surface area contributed by atoms with E-state index in [-0.39, 0.29) is 76.6 Å². The molecule has 4 aromatic rings. The van der Waals surface area contributed by atoms with Crippen molar-refractivity contribution < 1.29 is 23.4 Å². The first kappa shape index (κ1) is 27.8. The van der Waals surface area contributed by atoms with Crippen LogP contribution in [0.5, 0.6) is 6.01 Å². The third-order valence-electron chi connectivity index (χ3n) is 9.75. The number of nitrogens with zero attached hydrogens (tertiary/aromatic N) is 5. The van der Waals surface area contributed by atoms with Gasteiger partial charge >= 0.3 is 6.01 Å². The number of piperazine rings is 1. The molecule has 0 amide bonds. The van der Waals surface area contributed by atoms with Crippen molar-refractivity contribution in [3.05, 3.63) is 40.5 Å². The first-order valence-corrected chi connectivity index (χ1v) is 15.7. The van der Waals surface area contributed by atoms with Crippen molar-refractivity contribution in [3.8, 4) is 23.2 Å². The zero-order valence-corrected chi connectivity index (χ0v) is 24.9. The minimum absolute atomic E-state index is 0.00202. The maximum Gasteiger partial charge on any atom is 0.319 e. The Labute approximate surface area is 256 Å². The van der Waals surface area contributed by atoms with Gasteiger partial charge in [-0.1, -0.05) is 0 Å². The van der Waals surface area contributed by atoms with E-state index in [2.05, 4.69) is 21.3 Å². The first-order valence-electron chi connectivity index (χ1n) is 14.9. The van der Waals surface area contributed by atoms with E-state index >= 15 is 8.78 Å². The molecule has 0 aliphatic carbocycles. The number of nitriles is 1. The Morgan fingerprint density at radius 1 is 1.14 bits per heavy atom. The van der Waals surface area contributed by atoms with Crippen LogP contribution < -0.4 is 20.7 Å². The Morgan fingerprint density at radius 3 is 2.64 bits per heavy atom. The largest absolute Gasteiger partial charge is 0.462 e. The lowest BCUT2D eigenvalue weighted by Crippen LogP contribution is -2.52. The zero-order valence-electron chi connectivity index (χ0n) is 24.1. The van der Waals surface area contributed by atoms with E-state index in [1.54, 1.807) is 6.07 Å². The molecule has 4 N–H and O–H groups in total. The second-order valence-electron chi connectivity index (χ2n) is 12.1. The number of aromatic nitrogens is 2. The summed E-state index contributed by atoms with van der Waals surface area (Å²) in [5.74, 6) is -0.802. The smallest absolute Gasteiger partial charge is 0.319 e. The Balaban J connectivity index is 1.38. The van der Waals surface area contributed by atoms with E-state index in [4.69, 9.17) is 20.2 Å². The summed E-state index contributed by atoms with van der Waals surface area (Å²) in [4.78, 5) is 13.8. The van der Waals surface area contributed by atoms with Gasteiger partial charge in [-0.2, -0.15) is 15.2 Å². The fraction of sp³-hybridized carbons (Fsp3) is 0.452. The number of nitrogens with one attached hydrogen (secondary N) is 1. The average Bonchev–Trinajstić information content (AvgIpc) is 3.76. The predicted molar refractivity (Wildman–Crippen MR) is 163 cm³/mol. The van der Waals surface area contributed by atoms with Gasteiger partial charge in [0.1, 0.15) is 34.8 Å². The van der Waals surface area contributed by atoms with Crippen molar-refractivity contribution in [1.29, 1.82) is 5.26 Å². The van der Waals surface area contributed by atoms with Crippen LogP contribution >= 0.6 is 11.3 Å². The van der Waals surface area contributed by atoms with E-state index in [1.807, 2.05) is 11.9 Å². The highest BCUT2D eigenvalue weighted by Crippen LogP contribution is 2.48. The molecular formula is C31H31F2N7O3S. The van der Waals surface area contributed by atoms with Crippen LogP contribution in [0.15, 0.2) is 12.1 Å². The molecule has 2 bridgehead atoms. The molecule has 6 heterocycles. The summed E-state index contributed by atoms with van der Waals surface area (Å²) in [6.45, 7) is 2.69. The van der Waals surface area contributed by atoms with Gasteiger partial charge in [-0.05, 0) is 49.6 Å². The number of halogens is 2. The van der Waals surface area contributed by atoms with Crippen LogP contribution in [0.25, 0.3) is 32.1 Å². The molecule has 4 aliphatic rings. The van der Waals surface area contributed by atoms with Crippen LogP contribution in [0.3, 0.4) is 0 Å². The van der Waals surface area contributed by atoms with Crippen LogP contribution in [0.4, 0.5) is 19.6 Å². The van der Waals surface area contributed by atoms with Crippen molar-refractivity contribution in [2.24, 2.45) is 0 Å².